The van der Waals surface area contributed by atoms with E-state index in [-0.39, 0.29) is 40.1 Å². The largest absolute Gasteiger partial charge is 0.398 e. The van der Waals surface area contributed by atoms with Gasteiger partial charge in [0.05, 0.1) is 27.7 Å². The molecule has 184 valence electrons. The molecular formula is C26H30ClFN6O. The Morgan fingerprint density at radius 2 is 2.00 bits per heavy atom. The molecule has 3 aromatic rings. The summed E-state index contributed by atoms with van der Waals surface area (Å²) in [5.74, 6) is -0.128. The first-order chi connectivity index (χ1) is 16.9. The number of pyridine rings is 1. The van der Waals surface area contributed by atoms with Crippen LogP contribution in [0, 0.1) is 5.82 Å². The number of nitrogens with zero attached hydrogens (tertiary/aromatic N) is 3. The summed E-state index contributed by atoms with van der Waals surface area (Å²) in [6.07, 6.45) is 13.8. The van der Waals surface area contributed by atoms with E-state index < -0.39 is 5.82 Å². The molecule has 5 rings (SSSR count). The van der Waals surface area contributed by atoms with Crippen LogP contribution in [-0.4, -0.2) is 26.7 Å². The lowest BCUT2D eigenvalue weighted by atomic mass is 9.90. The first-order valence-corrected chi connectivity index (χ1v) is 12.7. The number of benzene rings is 1. The number of hydrogen-bond acceptors (Lipinski definition) is 5. The van der Waals surface area contributed by atoms with E-state index >= 15 is 4.39 Å². The molecule has 2 aromatic heterocycles. The van der Waals surface area contributed by atoms with Gasteiger partial charge in [0, 0.05) is 29.8 Å². The first kappa shape index (κ1) is 23.6. The molecule has 1 amide bonds. The van der Waals surface area contributed by atoms with Crippen molar-refractivity contribution in [3.05, 3.63) is 40.8 Å². The van der Waals surface area contributed by atoms with E-state index in [4.69, 9.17) is 28.2 Å². The highest BCUT2D eigenvalue weighted by molar-refractivity contribution is 6.33. The molecule has 0 unspecified atom stereocenters. The zero-order valence-corrected chi connectivity index (χ0v) is 20.3. The number of nitrogen functional groups attached to an aromatic ring is 2. The van der Waals surface area contributed by atoms with Gasteiger partial charge >= 0.3 is 0 Å². The van der Waals surface area contributed by atoms with Gasteiger partial charge in [0.2, 0.25) is 5.91 Å². The van der Waals surface area contributed by atoms with Crippen molar-refractivity contribution in [3.8, 4) is 11.3 Å². The number of carbonyl (C=O) groups is 1. The molecule has 7 nitrogen and oxygen atoms in total. The maximum Gasteiger partial charge on any atom is 0.220 e. The predicted octanol–water partition coefficient (Wildman–Crippen LogP) is 5.63. The van der Waals surface area contributed by atoms with Crippen LogP contribution in [0.4, 0.5) is 15.9 Å². The van der Waals surface area contributed by atoms with Gasteiger partial charge in [-0.05, 0) is 57.1 Å². The summed E-state index contributed by atoms with van der Waals surface area (Å²) < 4.78 is 17.1. The Morgan fingerprint density at radius 3 is 2.86 bits per heavy atom. The Labute approximate surface area is 208 Å². The molecule has 0 spiro atoms. The third-order valence-corrected chi connectivity index (χ3v) is 7.38. The number of rotatable bonds is 1. The lowest BCUT2D eigenvalue weighted by molar-refractivity contribution is -0.122. The van der Waals surface area contributed by atoms with E-state index in [1.54, 1.807) is 6.20 Å². The number of nitrogens with two attached hydrogens (primary N) is 2. The van der Waals surface area contributed by atoms with Crippen LogP contribution in [0.1, 0.15) is 69.4 Å². The molecule has 2 atom stereocenters. The molecule has 35 heavy (non-hydrogen) atoms. The summed E-state index contributed by atoms with van der Waals surface area (Å²) in [4.78, 5) is 16.9. The maximum atomic E-state index is 15.1. The minimum atomic E-state index is -0.521. The third-order valence-electron chi connectivity index (χ3n) is 7.05. The van der Waals surface area contributed by atoms with E-state index in [9.17, 15) is 4.79 Å². The third kappa shape index (κ3) is 4.72. The summed E-state index contributed by atoms with van der Waals surface area (Å²) in [6, 6.07) is 2.81. The van der Waals surface area contributed by atoms with Crippen molar-refractivity contribution in [3.63, 3.8) is 0 Å². The average molecular weight is 497 g/mol. The number of anilines is 2. The van der Waals surface area contributed by atoms with Gasteiger partial charge in [0.1, 0.15) is 17.3 Å². The Morgan fingerprint density at radius 1 is 1.14 bits per heavy atom. The van der Waals surface area contributed by atoms with Crippen molar-refractivity contribution in [1.82, 2.24) is 20.1 Å². The first-order valence-electron chi connectivity index (χ1n) is 12.3. The average Bonchev–Trinajstić information content (AvgIpc) is 3.23. The Bertz CT molecular complexity index is 1300. The van der Waals surface area contributed by atoms with E-state index in [0.29, 0.717) is 17.5 Å². The zero-order valence-electron chi connectivity index (χ0n) is 19.6. The maximum absolute atomic E-state index is 15.1. The fourth-order valence-electron chi connectivity index (χ4n) is 5.29. The zero-order chi connectivity index (χ0) is 24.5. The van der Waals surface area contributed by atoms with Crippen molar-refractivity contribution in [2.45, 2.75) is 69.9 Å². The lowest BCUT2D eigenvalue weighted by Crippen LogP contribution is -2.39. The monoisotopic (exact) mass is 496 g/mol. The minimum absolute atomic E-state index is 0.0251. The van der Waals surface area contributed by atoms with Crippen LogP contribution in [0.2, 0.25) is 5.02 Å². The fraction of sp³-hybridized carbons (Fsp3) is 0.423. The highest BCUT2D eigenvalue weighted by atomic mass is 35.5. The van der Waals surface area contributed by atoms with Crippen LogP contribution in [0.5, 0.6) is 0 Å². The highest BCUT2D eigenvalue weighted by Crippen LogP contribution is 2.40. The van der Waals surface area contributed by atoms with Gasteiger partial charge in [-0.1, -0.05) is 30.2 Å². The number of halogens is 2. The molecule has 3 heterocycles. The number of hydrogen-bond donors (Lipinski definition) is 3. The summed E-state index contributed by atoms with van der Waals surface area (Å²) >= 11 is 6.05. The van der Waals surface area contributed by atoms with Gasteiger partial charge in [0.15, 0.2) is 0 Å². The Kier molecular flexibility index (Phi) is 6.65. The molecule has 5 N–H and O–H groups in total. The fourth-order valence-corrected chi connectivity index (χ4v) is 5.44. The quantitative estimate of drug-likeness (QED) is 0.378. The van der Waals surface area contributed by atoms with Crippen molar-refractivity contribution in [2.24, 2.45) is 0 Å². The molecule has 1 fully saturated rings. The van der Waals surface area contributed by atoms with Crippen molar-refractivity contribution < 1.29 is 9.18 Å². The molecule has 0 saturated heterocycles. The number of nitrogens with one attached hydrogen (secondary N) is 1. The molecule has 1 aliphatic heterocycles. The molecule has 1 aliphatic carbocycles. The number of carbonyl (C=O) groups excluding carboxylic acids is 1. The van der Waals surface area contributed by atoms with Crippen molar-refractivity contribution in [1.29, 1.82) is 0 Å². The van der Waals surface area contributed by atoms with Crippen molar-refractivity contribution >= 4 is 46.0 Å². The molecule has 1 saturated carbocycles. The summed E-state index contributed by atoms with van der Waals surface area (Å²) in [5, 5.41) is 8.89. The molecular weight excluding hydrogens is 467 g/mol. The number of allylic oxidation sites excluding steroid dienone is 1. The second-order valence-corrected chi connectivity index (χ2v) is 9.96. The minimum Gasteiger partial charge on any atom is -0.398 e. The molecule has 9 heteroatoms. The molecule has 0 radical (unpaired) electrons. The normalized spacial score (nSPS) is 22.3. The van der Waals surface area contributed by atoms with E-state index in [1.165, 1.54) is 12.1 Å². The standard InChI is InChI=1S/C26H30ClFN6O/c27-19-13-20(28)18(12-21(19)29)24-23-25-15(14-31-26(23)30)7-4-2-1-3-5-10-22(35)32-16-8-6-9-17(11-16)34(25)33-24/h4,7,12-14,16-17H,1-3,5-6,8-11,29H2,(H2,30,31)(H,32,35)/b7-4+/t16-,17-/m1/s1. The SMILES string of the molecule is Nc1cc(-c2nn3c4c(cnc(N)c24)/C=C/CCCCCC(=O)N[C@@H]2CCC[C@@H]3C2)c(F)cc1Cl. The van der Waals surface area contributed by atoms with Crippen LogP contribution in [-0.2, 0) is 4.79 Å². The van der Waals surface area contributed by atoms with Gasteiger partial charge in [-0.3, -0.25) is 9.48 Å². The van der Waals surface area contributed by atoms with E-state index in [1.807, 2.05) is 10.8 Å². The van der Waals surface area contributed by atoms with E-state index in [0.717, 1.165) is 62.4 Å². The number of amides is 1. The molecule has 2 aliphatic rings. The van der Waals surface area contributed by atoms with Crippen molar-refractivity contribution in [2.75, 3.05) is 11.5 Å². The second kappa shape index (κ2) is 9.85. The Balaban J connectivity index is 1.71. The van der Waals surface area contributed by atoms with Gasteiger partial charge in [0.25, 0.3) is 0 Å². The van der Waals surface area contributed by atoms with Crippen LogP contribution in [0.25, 0.3) is 28.2 Å². The van der Waals surface area contributed by atoms with Gasteiger partial charge in [-0.15, -0.1) is 0 Å². The van der Waals surface area contributed by atoms with Crippen LogP contribution in [0.3, 0.4) is 0 Å². The van der Waals surface area contributed by atoms with Gasteiger partial charge in [-0.2, -0.15) is 5.10 Å². The number of aromatic nitrogens is 3. The van der Waals surface area contributed by atoms with Crippen LogP contribution < -0.4 is 16.8 Å². The molecule has 1 aromatic carbocycles. The van der Waals surface area contributed by atoms with Gasteiger partial charge in [-0.25, -0.2) is 9.37 Å². The predicted molar refractivity (Wildman–Crippen MR) is 138 cm³/mol. The highest BCUT2D eigenvalue weighted by Gasteiger charge is 2.29. The molecule has 2 bridgehead atoms. The topological polar surface area (TPSA) is 112 Å². The Hall–Kier alpha value is -3.13. The smallest absolute Gasteiger partial charge is 0.220 e. The summed E-state index contributed by atoms with van der Waals surface area (Å²) in [5.41, 5.74) is 15.0. The lowest BCUT2D eigenvalue weighted by Gasteiger charge is -2.30. The van der Waals surface area contributed by atoms with E-state index in [2.05, 4.69) is 16.4 Å². The number of fused-ring (bicyclic) bond motifs is 3. The van der Waals surface area contributed by atoms with Crippen LogP contribution in [0.15, 0.2) is 24.4 Å². The summed E-state index contributed by atoms with van der Waals surface area (Å²) in [6.45, 7) is 0. The summed E-state index contributed by atoms with van der Waals surface area (Å²) in [7, 11) is 0. The van der Waals surface area contributed by atoms with Crippen LogP contribution >= 0.6 is 11.6 Å². The second-order valence-electron chi connectivity index (χ2n) is 9.56. The van der Waals surface area contributed by atoms with Gasteiger partial charge < -0.3 is 16.8 Å².